The van der Waals surface area contributed by atoms with Gasteiger partial charge in [0.05, 0.1) is 6.61 Å². The number of aliphatic hydroxyl groups excluding tert-OH is 1. The Morgan fingerprint density at radius 1 is 2.00 bits per heavy atom. The van der Waals surface area contributed by atoms with Gasteiger partial charge < -0.3 is 9.84 Å². The van der Waals surface area contributed by atoms with Crippen LogP contribution >= 0.6 is 0 Å². The maximum atomic E-state index is 9.44. The fourth-order valence-electron chi connectivity index (χ4n) is 0.138. The Morgan fingerprint density at radius 3 is 2.71 bits per heavy atom. The molecule has 3 heteroatoms. The molecule has 0 unspecified atom stereocenters. The molecule has 0 aromatic carbocycles. The van der Waals surface area contributed by atoms with E-state index in [1.54, 1.807) is 6.92 Å². The van der Waals surface area contributed by atoms with Gasteiger partial charge in [0.2, 0.25) is 0 Å². The molecule has 7 heavy (non-hydrogen) atoms. The van der Waals surface area contributed by atoms with Crippen LogP contribution in [0.1, 0.15) is 6.92 Å². The van der Waals surface area contributed by atoms with Gasteiger partial charge in [-0.25, -0.2) is 0 Å². The zero-order valence-corrected chi connectivity index (χ0v) is 4.13. The molecule has 0 bridgehead atoms. The number of rotatable bonds is 3. The van der Waals surface area contributed by atoms with Crippen LogP contribution in [0, 0.1) is 0 Å². The maximum Gasteiger partial charge on any atom is 0.293 e. The second kappa shape index (κ2) is 3.61. The molecule has 0 aromatic heterocycles. The highest BCUT2D eigenvalue weighted by Gasteiger charge is 1.93. The number of aliphatic hydroxyl groups is 1. The molecule has 0 spiro atoms. The summed E-state index contributed by atoms with van der Waals surface area (Å²) in [7, 11) is 0. The van der Waals surface area contributed by atoms with Crippen molar-refractivity contribution >= 4 is 6.47 Å². The van der Waals surface area contributed by atoms with Crippen LogP contribution in [0.5, 0.6) is 0 Å². The van der Waals surface area contributed by atoms with Crippen molar-refractivity contribution in [3.8, 4) is 0 Å². The molecule has 1 N–H and O–H groups in total. The summed E-state index contributed by atoms with van der Waals surface area (Å²) in [4.78, 5) is 9.44. The van der Waals surface area contributed by atoms with E-state index in [9.17, 15) is 4.79 Å². The number of carbonyl (C=O) groups is 1. The van der Waals surface area contributed by atoms with E-state index in [1.807, 2.05) is 0 Å². The Labute approximate surface area is 41.9 Å². The molecule has 42 valence electrons. The third-order valence-corrected chi connectivity index (χ3v) is 0.545. The van der Waals surface area contributed by atoms with Gasteiger partial charge in [-0.2, -0.15) is 0 Å². The standard InChI is InChI=1S/C4H8O3/c1-4(2-5)7-3-6/h3-5H,2H2,1H3/t4-/m0/s1. The minimum Gasteiger partial charge on any atom is -0.462 e. The van der Waals surface area contributed by atoms with Crippen molar-refractivity contribution < 1.29 is 14.6 Å². The molecular weight excluding hydrogens is 96.0 g/mol. The van der Waals surface area contributed by atoms with Crippen LogP contribution in [0.3, 0.4) is 0 Å². The smallest absolute Gasteiger partial charge is 0.293 e. The van der Waals surface area contributed by atoms with E-state index in [2.05, 4.69) is 4.74 Å². The molecule has 0 radical (unpaired) electrons. The molecule has 0 rings (SSSR count). The molecular formula is C4H8O3. The zero-order chi connectivity index (χ0) is 5.70. The lowest BCUT2D eigenvalue weighted by Gasteiger charge is -2.01. The van der Waals surface area contributed by atoms with Gasteiger partial charge in [0.15, 0.2) is 0 Å². The Hall–Kier alpha value is -0.570. The highest BCUT2D eigenvalue weighted by atomic mass is 16.5. The van der Waals surface area contributed by atoms with Gasteiger partial charge in [-0.05, 0) is 6.92 Å². The quantitative estimate of drug-likeness (QED) is 0.493. The fraction of sp³-hybridized carbons (Fsp3) is 0.750. The lowest BCUT2D eigenvalue weighted by molar-refractivity contribution is -0.134. The minimum absolute atomic E-state index is 0.112. The second-order valence-electron chi connectivity index (χ2n) is 1.23. The van der Waals surface area contributed by atoms with Gasteiger partial charge in [-0.1, -0.05) is 0 Å². The molecule has 0 aromatic rings. The van der Waals surface area contributed by atoms with E-state index >= 15 is 0 Å². The summed E-state index contributed by atoms with van der Waals surface area (Å²) in [6.45, 7) is 1.81. The largest absolute Gasteiger partial charge is 0.462 e. The molecule has 0 fully saturated rings. The van der Waals surface area contributed by atoms with E-state index in [0.29, 0.717) is 6.47 Å². The van der Waals surface area contributed by atoms with Crippen LogP contribution in [0.4, 0.5) is 0 Å². The maximum absolute atomic E-state index is 9.44. The first kappa shape index (κ1) is 6.43. The molecule has 0 aliphatic rings. The van der Waals surface area contributed by atoms with Crippen molar-refractivity contribution in [2.75, 3.05) is 6.61 Å². The van der Waals surface area contributed by atoms with Crippen LogP contribution in [0.15, 0.2) is 0 Å². The molecule has 0 aliphatic carbocycles. The first-order valence-corrected chi connectivity index (χ1v) is 2.01. The number of hydrogen-bond acceptors (Lipinski definition) is 3. The van der Waals surface area contributed by atoms with Crippen molar-refractivity contribution in [3.05, 3.63) is 0 Å². The monoisotopic (exact) mass is 104 g/mol. The van der Waals surface area contributed by atoms with Crippen LogP contribution in [0.2, 0.25) is 0 Å². The topological polar surface area (TPSA) is 46.5 Å². The highest BCUT2D eigenvalue weighted by molar-refractivity contribution is 5.37. The Balaban J connectivity index is 2.98. The first-order chi connectivity index (χ1) is 3.31. The second-order valence-corrected chi connectivity index (χ2v) is 1.23. The zero-order valence-electron chi connectivity index (χ0n) is 4.13. The Bertz CT molecular complexity index is 52.9. The van der Waals surface area contributed by atoms with E-state index < -0.39 is 0 Å². The van der Waals surface area contributed by atoms with Gasteiger partial charge in [-0.15, -0.1) is 0 Å². The lowest BCUT2D eigenvalue weighted by Crippen LogP contribution is -2.10. The molecule has 0 saturated carbocycles. The molecule has 0 amide bonds. The number of ether oxygens (including phenoxy) is 1. The Morgan fingerprint density at radius 2 is 2.57 bits per heavy atom. The predicted molar refractivity (Wildman–Crippen MR) is 23.7 cm³/mol. The van der Waals surface area contributed by atoms with Crippen LogP contribution in [-0.2, 0) is 9.53 Å². The van der Waals surface area contributed by atoms with Crippen LogP contribution < -0.4 is 0 Å². The van der Waals surface area contributed by atoms with Gasteiger partial charge in [-0.3, -0.25) is 4.79 Å². The average molecular weight is 104 g/mol. The molecule has 0 heterocycles. The van der Waals surface area contributed by atoms with Crippen molar-refractivity contribution in [2.45, 2.75) is 13.0 Å². The van der Waals surface area contributed by atoms with Gasteiger partial charge >= 0.3 is 0 Å². The fourth-order valence-corrected chi connectivity index (χ4v) is 0.138. The summed E-state index contributed by atoms with van der Waals surface area (Å²) in [5.74, 6) is 0. The number of carbonyl (C=O) groups excluding carboxylic acids is 1. The molecule has 3 nitrogen and oxygen atoms in total. The predicted octanol–water partition coefficient (Wildman–Crippen LogP) is -0.460. The van der Waals surface area contributed by atoms with Crippen molar-refractivity contribution in [1.29, 1.82) is 0 Å². The summed E-state index contributed by atoms with van der Waals surface area (Å²) in [6, 6.07) is 0. The van der Waals surface area contributed by atoms with Crippen molar-refractivity contribution in [3.63, 3.8) is 0 Å². The SMILES string of the molecule is C[C@@H](CO)OC=O. The third-order valence-electron chi connectivity index (χ3n) is 0.545. The average Bonchev–Trinajstić information content (AvgIpc) is 1.68. The lowest BCUT2D eigenvalue weighted by atomic mass is 10.4. The number of hydrogen-bond donors (Lipinski definition) is 1. The highest BCUT2D eigenvalue weighted by Crippen LogP contribution is 1.81. The van der Waals surface area contributed by atoms with Gasteiger partial charge in [0.25, 0.3) is 6.47 Å². The summed E-state index contributed by atoms with van der Waals surface area (Å²) in [5, 5.41) is 8.18. The Kier molecular flexibility index (Phi) is 3.32. The minimum atomic E-state index is -0.363. The summed E-state index contributed by atoms with van der Waals surface area (Å²) in [5.41, 5.74) is 0. The van der Waals surface area contributed by atoms with E-state index in [4.69, 9.17) is 5.11 Å². The molecule has 0 aliphatic heterocycles. The van der Waals surface area contributed by atoms with E-state index in [1.165, 1.54) is 0 Å². The van der Waals surface area contributed by atoms with E-state index in [0.717, 1.165) is 0 Å². The van der Waals surface area contributed by atoms with Crippen LogP contribution in [0.25, 0.3) is 0 Å². The molecule has 0 saturated heterocycles. The van der Waals surface area contributed by atoms with E-state index in [-0.39, 0.29) is 12.7 Å². The van der Waals surface area contributed by atoms with Gasteiger partial charge in [0.1, 0.15) is 6.10 Å². The molecule has 1 atom stereocenters. The summed E-state index contributed by atoms with van der Waals surface area (Å²) < 4.78 is 4.26. The van der Waals surface area contributed by atoms with Crippen LogP contribution in [-0.4, -0.2) is 24.3 Å². The normalized spacial score (nSPS) is 12.9. The summed E-state index contributed by atoms with van der Waals surface area (Å²) >= 11 is 0. The third kappa shape index (κ3) is 3.26. The van der Waals surface area contributed by atoms with Crippen molar-refractivity contribution in [1.82, 2.24) is 0 Å². The van der Waals surface area contributed by atoms with Gasteiger partial charge in [0, 0.05) is 0 Å². The van der Waals surface area contributed by atoms with Crippen molar-refractivity contribution in [2.24, 2.45) is 0 Å². The first-order valence-electron chi connectivity index (χ1n) is 2.01. The summed E-state index contributed by atoms with van der Waals surface area (Å²) in [6.07, 6.45) is -0.363.